The van der Waals surface area contributed by atoms with Gasteiger partial charge in [-0.05, 0) is 25.0 Å². The Kier molecular flexibility index (Phi) is 6.38. The summed E-state index contributed by atoms with van der Waals surface area (Å²) >= 11 is 1.71. The van der Waals surface area contributed by atoms with Crippen LogP contribution in [-0.4, -0.2) is 62.0 Å². The molecule has 0 spiro atoms. The number of ether oxygens (including phenoxy) is 2. The van der Waals surface area contributed by atoms with Crippen LogP contribution in [0.1, 0.15) is 30.5 Å². The van der Waals surface area contributed by atoms with Crippen molar-refractivity contribution in [3.05, 3.63) is 34.3 Å². The first-order chi connectivity index (χ1) is 14.1. The van der Waals surface area contributed by atoms with Crippen molar-refractivity contribution in [2.24, 2.45) is 0 Å². The van der Waals surface area contributed by atoms with Crippen molar-refractivity contribution in [1.82, 2.24) is 14.2 Å². The second-order valence-corrected chi connectivity index (χ2v) is 10.2. The van der Waals surface area contributed by atoms with E-state index in [1.165, 1.54) is 5.01 Å². The number of hydrogen-bond acceptors (Lipinski definition) is 7. The number of benzene rings is 1. The molecule has 1 saturated heterocycles. The van der Waals surface area contributed by atoms with E-state index in [2.05, 4.69) is 22.2 Å². The van der Waals surface area contributed by atoms with Crippen LogP contribution in [0.25, 0.3) is 0 Å². The number of sulfonamides is 1. The van der Waals surface area contributed by atoms with E-state index >= 15 is 0 Å². The Morgan fingerprint density at radius 3 is 2.62 bits per heavy atom. The molecule has 0 bridgehead atoms. The molecular weight excluding hydrogens is 410 g/mol. The van der Waals surface area contributed by atoms with Crippen LogP contribution in [0.2, 0.25) is 0 Å². The van der Waals surface area contributed by atoms with Gasteiger partial charge in [0.2, 0.25) is 10.0 Å². The molecule has 0 aliphatic carbocycles. The topological polar surface area (TPSA) is 72.0 Å². The van der Waals surface area contributed by atoms with E-state index in [4.69, 9.17) is 9.47 Å². The fourth-order valence-electron chi connectivity index (χ4n) is 3.56. The number of aromatic nitrogens is 1. The molecule has 158 valence electrons. The van der Waals surface area contributed by atoms with Gasteiger partial charge in [-0.15, -0.1) is 11.3 Å². The molecule has 2 aromatic rings. The molecule has 2 aliphatic rings. The summed E-state index contributed by atoms with van der Waals surface area (Å²) in [6, 6.07) is 4.90. The molecule has 1 aromatic heterocycles. The number of piperazine rings is 1. The summed E-state index contributed by atoms with van der Waals surface area (Å²) in [4.78, 5) is 7.21. The molecule has 1 fully saturated rings. The zero-order chi connectivity index (χ0) is 20.3. The summed E-state index contributed by atoms with van der Waals surface area (Å²) in [5, 5.41) is 3.30. The highest BCUT2D eigenvalue weighted by Crippen LogP contribution is 2.33. The first-order valence-electron chi connectivity index (χ1n) is 10.1. The maximum atomic E-state index is 13.1. The van der Waals surface area contributed by atoms with Crippen molar-refractivity contribution < 1.29 is 17.9 Å². The highest BCUT2D eigenvalue weighted by atomic mass is 32.2. The van der Waals surface area contributed by atoms with Gasteiger partial charge in [-0.1, -0.05) is 6.92 Å². The summed E-state index contributed by atoms with van der Waals surface area (Å²) in [5.41, 5.74) is 1.08. The van der Waals surface area contributed by atoms with E-state index in [0.717, 1.165) is 31.5 Å². The molecule has 0 amide bonds. The molecule has 0 saturated carbocycles. The minimum Gasteiger partial charge on any atom is -0.490 e. The number of hydrogen-bond donors (Lipinski definition) is 0. The number of fused-ring (bicyclic) bond motifs is 1. The van der Waals surface area contributed by atoms with Crippen molar-refractivity contribution in [3.63, 3.8) is 0 Å². The van der Waals surface area contributed by atoms with E-state index in [9.17, 15) is 8.42 Å². The minimum atomic E-state index is -3.55. The Balaban J connectivity index is 1.39. The van der Waals surface area contributed by atoms with Crippen molar-refractivity contribution in [3.8, 4) is 11.5 Å². The van der Waals surface area contributed by atoms with E-state index in [0.29, 0.717) is 50.9 Å². The minimum absolute atomic E-state index is 0.263. The summed E-state index contributed by atoms with van der Waals surface area (Å²) in [6.07, 6.45) is 2.91. The zero-order valence-electron chi connectivity index (χ0n) is 16.7. The smallest absolute Gasteiger partial charge is 0.243 e. The quantitative estimate of drug-likeness (QED) is 0.692. The molecule has 3 heterocycles. The Morgan fingerprint density at radius 2 is 1.86 bits per heavy atom. The molecule has 0 unspecified atom stereocenters. The van der Waals surface area contributed by atoms with Crippen molar-refractivity contribution in [2.75, 3.05) is 39.4 Å². The van der Waals surface area contributed by atoms with Crippen LogP contribution in [0.5, 0.6) is 11.5 Å². The van der Waals surface area contributed by atoms with Gasteiger partial charge in [-0.2, -0.15) is 4.31 Å². The first-order valence-corrected chi connectivity index (χ1v) is 12.4. The number of thiazole rings is 1. The zero-order valence-corrected chi connectivity index (χ0v) is 18.3. The van der Waals surface area contributed by atoms with Gasteiger partial charge in [0.1, 0.15) is 0 Å². The van der Waals surface area contributed by atoms with Gasteiger partial charge in [-0.3, -0.25) is 4.90 Å². The summed E-state index contributed by atoms with van der Waals surface area (Å²) in [7, 11) is -3.55. The summed E-state index contributed by atoms with van der Waals surface area (Å²) < 4.78 is 39.0. The maximum absolute atomic E-state index is 13.1. The van der Waals surface area contributed by atoms with Crippen LogP contribution < -0.4 is 9.47 Å². The van der Waals surface area contributed by atoms with Crippen LogP contribution in [0, 0.1) is 0 Å². The van der Waals surface area contributed by atoms with Crippen LogP contribution in [0.4, 0.5) is 0 Å². The number of nitrogens with zero attached hydrogens (tertiary/aromatic N) is 3. The van der Waals surface area contributed by atoms with Gasteiger partial charge in [0.25, 0.3) is 0 Å². The third kappa shape index (κ3) is 4.74. The normalized spacial score (nSPS) is 18.5. The average molecular weight is 438 g/mol. The van der Waals surface area contributed by atoms with Crippen LogP contribution in [0.15, 0.2) is 28.5 Å². The van der Waals surface area contributed by atoms with Crippen LogP contribution in [0.3, 0.4) is 0 Å². The lowest BCUT2D eigenvalue weighted by Crippen LogP contribution is -2.48. The molecule has 0 atom stereocenters. The number of rotatable bonds is 6. The maximum Gasteiger partial charge on any atom is 0.243 e. The predicted molar refractivity (Wildman–Crippen MR) is 112 cm³/mol. The van der Waals surface area contributed by atoms with E-state index in [-0.39, 0.29) is 4.90 Å². The Bertz CT molecular complexity index is 937. The lowest BCUT2D eigenvalue weighted by atomic mass is 10.3. The molecule has 7 nitrogen and oxygen atoms in total. The van der Waals surface area contributed by atoms with Crippen LogP contribution in [-0.2, 0) is 23.0 Å². The largest absolute Gasteiger partial charge is 0.490 e. The average Bonchev–Trinajstić information content (AvgIpc) is 3.02. The molecular formula is C20H27N3O4S2. The Hall–Kier alpha value is -1.68. The molecule has 0 radical (unpaired) electrons. The lowest BCUT2D eigenvalue weighted by Gasteiger charge is -2.33. The third-order valence-electron chi connectivity index (χ3n) is 5.14. The molecule has 9 heteroatoms. The van der Waals surface area contributed by atoms with Crippen molar-refractivity contribution >= 4 is 21.4 Å². The van der Waals surface area contributed by atoms with E-state index in [1.807, 2.05) is 0 Å². The van der Waals surface area contributed by atoms with E-state index in [1.54, 1.807) is 33.8 Å². The monoisotopic (exact) mass is 437 g/mol. The molecule has 2 aliphatic heterocycles. The third-order valence-corrected chi connectivity index (χ3v) is 7.99. The van der Waals surface area contributed by atoms with Crippen molar-refractivity contribution in [1.29, 1.82) is 0 Å². The number of aryl methyl sites for hydroxylation is 1. The van der Waals surface area contributed by atoms with Gasteiger partial charge in [0.05, 0.1) is 28.8 Å². The van der Waals surface area contributed by atoms with Crippen LogP contribution >= 0.6 is 11.3 Å². The second kappa shape index (κ2) is 8.99. The standard InChI is InChI=1S/C20H27N3O4S2/c1-2-4-20-21-16(15-28-20)14-22-7-9-23(10-8-22)29(24,25)17-5-6-18-19(13-17)27-12-3-11-26-18/h5-6,13,15H,2-4,7-12,14H2,1H3. The fraction of sp³-hybridized carbons (Fsp3) is 0.550. The predicted octanol–water partition coefficient (Wildman–Crippen LogP) is 2.76. The van der Waals surface area contributed by atoms with Gasteiger partial charge < -0.3 is 9.47 Å². The SMILES string of the molecule is CCCc1nc(CN2CCN(S(=O)(=O)c3ccc4c(c3)OCCCO4)CC2)cs1. The van der Waals surface area contributed by atoms with Crippen molar-refractivity contribution in [2.45, 2.75) is 37.6 Å². The molecule has 4 rings (SSSR count). The summed E-state index contributed by atoms with van der Waals surface area (Å²) in [6.45, 7) is 6.40. The Morgan fingerprint density at radius 1 is 1.10 bits per heavy atom. The van der Waals surface area contributed by atoms with Gasteiger partial charge in [-0.25, -0.2) is 13.4 Å². The lowest BCUT2D eigenvalue weighted by molar-refractivity contribution is 0.180. The highest BCUT2D eigenvalue weighted by Gasteiger charge is 2.29. The fourth-order valence-corrected chi connectivity index (χ4v) is 5.89. The Labute approximate surface area is 176 Å². The first kappa shape index (κ1) is 20.6. The molecule has 0 N–H and O–H groups in total. The molecule has 29 heavy (non-hydrogen) atoms. The van der Waals surface area contributed by atoms with Gasteiger partial charge >= 0.3 is 0 Å². The van der Waals surface area contributed by atoms with E-state index < -0.39 is 10.0 Å². The summed E-state index contributed by atoms with van der Waals surface area (Å²) in [5.74, 6) is 1.12. The van der Waals surface area contributed by atoms with Gasteiger partial charge in [0.15, 0.2) is 11.5 Å². The molecule has 1 aromatic carbocycles. The van der Waals surface area contributed by atoms with Gasteiger partial charge in [0, 0.05) is 50.6 Å². The second-order valence-electron chi connectivity index (χ2n) is 7.32. The highest BCUT2D eigenvalue weighted by molar-refractivity contribution is 7.89.